The number of hydrogen-bond acceptors (Lipinski definition) is 6. The zero-order valence-electron chi connectivity index (χ0n) is 15.3. The standard InChI is InChI=1S/C17H27N7/c1-13-14(10-22(4)20-13)11-24-9-7-15(12-24)23(5)17-18-8-6-16(19-17)21(2)3/h6,8,10,15H,7,9,11-12H2,1-5H3. The Hall–Kier alpha value is -2.15. The minimum absolute atomic E-state index is 0.444. The van der Waals surface area contributed by atoms with Crippen LogP contribution in [0, 0.1) is 6.92 Å². The van der Waals surface area contributed by atoms with Gasteiger partial charge in [0, 0.05) is 71.8 Å². The maximum Gasteiger partial charge on any atom is 0.227 e. The highest BCUT2D eigenvalue weighted by Crippen LogP contribution is 2.22. The summed E-state index contributed by atoms with van der Waals surface area (Å²) < 4.78 is 1.89. The highest BCUT2D eigenvalue weighted by Gasteiger charge is 2.27. The van der Waals surface area contributed by atoms with Crippen molar-refractivity contribution >= 4 is 11.8 Å². The van der Waals surface area contributed by atoms with Crippen LogP contribution in [0.1, 0.15) is 17.7 Å². The Balaban J connectivity index is 1.64. The van der Waals surface area contributed by atoms with Crippen LogP contribution in [-0.2, 0) is 13.6 Å². The van der Waals surface area contributed by atoms with Crippen molar-refractivity contribution in [3.63, 3.8) is 0 Å². The number of hydrogen-bond donors (Lipinski definition) is 0. The smallest absolute Gasteiger partial charge is 0.227 e. The van der Waals surface area contributed by atoms with Crippen molar-refractivity contribution < 1.29 is 0 Å². The zero-order chi connectivity index (χ0) is 17.3. The molecule has 3 heterocycles. The monoisotopic (exact) mass is 329 g/mol. The van der Waals surface area contributed by atoms with Crippen LogP contribution in [0.2, 0.25) is 0 Å². The van der Waals surface area contributed by atoms with E-state index >= 15 is 0 Å². The van der Waals surface area contributed by atoms with E-state index in [1.165, 1.54) is 5.56 Å². The van der Waals surface area contributed by atoms with Gasteiger partial charge in [0.15, 0.2) is 0 Å². The van der Waals surface area contributed by atoms with Crippen molar-refractivity contribution in [3.05, 3.63) is 29.7 Å². The summed E-state index contributed by atoms with van der Waals surface area (Å²) in [6.07, 6.45) is 5.08. The van der Waals surface area contributed by atoms with Crippen LogP contribution in [0.4, 0.5) is 11.8 Å². The number of likely N-dealkylation sites (N-methyl/N-ethyl adjacent to an activating group) is 1. The maximum atomic E-state index is 4.65. The average molecular weight is 329 g/mol. The lowest BCUT2D eigenvalue weighted by Crippen LogP contribution is -2.35. The third-order valence-corrected chi connectivity index (χ3v) is 4.71. The van der Waals surface area contributed by atoms with E-state index in [4.69, 9.17) is 0 Å². The van der Waals surface area contributed by atoms with Crippen molar-refractivity contribution in [3.8, 4) is 0 Å². The Morgan fingerprint density at radius 3 is 2.75 bits per heavy atom. The Morgan fingerprint density at radius 1 is 1.29 bits per heavy atom. The van der Waals surface area contributed by atoms with E-state index in [1.807, 2.05) is 43.0 Å². The van der Waals surface area contributed by atoms with Gasteiger partial charge in [-0.1, -0.05) is 0 Å². The summed E-state index contributed by atoms with van der Waals surface area (Å²) in [5, 5.41) is 4.44. The molecule has 0 N–H and O–H groups in total. The van der Waals surface area contributed by atoms with Crippen LogP contribution >= 0.6 is 0 Å². The first-order valence-electron chi connectivity index (χ1n) is 8.38. The van der Waals surface area contributed by atoms with Crippen LogP contribution < -0.4 is 9.80 Å². The molecule has 1 saturated heterocycles. The summed E-state index contributed by atoms with van der Waals surface area (Å²) in [4.78, 5) is 15.8. The molecule has 2 aromatic heterocycles. The Bertz CT molecular complexity index is 694. The molecule has 7 heteroatoms. The normalized spacial score (nSPS) is 18.1. The molecule has 24 heavy (non-hydrogen) atoms. The number of rotatable bonds is 5. The molecule has 7 nitrogen and oxygen atoms in total. The highest BCUT2D eigenvalue weighted by atomic mass is 15.3. The summed E-state index contributed by atoms with van der Waals surface area (Å²) >= 11 is 0. The molecule has 0 aromatic carbocycles. The summed E-state index contributed by atoms with van der Waals surface area (Å²) in [5.41, 5.74) is 2.43. The van der Waals surface area contributed by atoms with Crippen LogP contribution in [0.15, 0.2) is 18.5 Å². The number of aryl methyl sites for hydroxylation is 2. The van der Waals surface area contributed by atoms with E-state index in [0.29, 0.717) is 6.04 Å². The number of likely N-dealkylation sites (tertiary alicyclic amines) is 1. The van der Waals surface area contributed by atoms with Crippen LogP contribution in [0.3, 0.4) is 0 Å². The van der Waals surface area contributed by atoms with Gasteiger partial charge in [0.25, 0.3) is 0 Å². The van der Waals surface area contributed by atoms with Gasteiger partial charge in [-0.2, -0.15) is 10.1 Å². The molecule has 0 aliphatic carbocycles. The van der Waals surface area contributed by atoms with Gasteiger partial charge in [0.2, 0.25) is 5.95 Å². The summed E-state index contributed by atoms with van der Waals surface area (Å²) in [5.74, 6) is 1.73. The van der Waals surface area contributed by atoms with E-state index in [9.17, 15) is 0 Å². The van der Waals surface area contributed by atoms with Crippen molar-refractivity contribution in [1.82, 2.24) is 24.6 Å². The third kappa shape index (κ3) is 3.51. The number of nitrogens with zero attached hydrogens (tertiary/aromatic N) is 7. The van der Waals surface area contributed by atoms with Crippen LogP contribution in [0.25, 0.3) is 0 Å². The Morgan fingerprint density at radius 2 is 2.08 bits per heavy atom. The molecule has 3 rings (SSSR count). The van der Waals surface area contributed by atoms with E-state index < -0.39 is 0 Å². The van der Waals surface area contributed by atoms with Crippen LogP contribution in [-0.4, -0.2) is 64.9 Å². The van der Waals surface area contributed by atoms with Crippen LogP contribution in [0.5, 0.6) is 0 Å². The molecule has 0 saturated carbocycles. The fourth-order valence-electron chi connectivity index (χ4n) is 3.24. The van der Waals surface area contributed by atoms with Gasteiger partial charge >= 0.3 is 0 Å². The summed E-state index contributed by atoms with van der Waals surface area (Å²) in [7, 11) is 8.07. The van der Waals surface area contributed by atoms with Gasteiger partial charge in [-0.25, -0.2) is 4.98 Å². The first-order valence-corrected chi connectivity index (χ1v) is 8.38. The second-order valence-corrected chi connectivity index (χ2v) is 6.81. The molecular formula is C17H27N7. The lowest BCUT2D eigenvalue weighted by Gasteiger charge is -2.25. The van der Waals surface area contributed by atoms with Crippen molar-refractivity contribution in [1.29, 1.82) is 0 Å². The van der Waals surface area contributed by atoms with Gasteiger partial charge < -0.3 is 9.80 Å². The molecule has 1 fully saturated rings. The van der Waals surface area contributed by atoms with E-state index in [2.05, 4.69) is 45.0 Å². The molecule has 0 spiro atoms. The first-order chi connectivity index (χ1) is 11.4. The summed E-state index contributed by atoms with van der Waals surface area (Å²) in [6.45, 7) is 5.16. The first kappa shape index (κ1) is 16.7. The van der Waals surface area contributed by atoms with E-state index in [1.54, 1.807) is 0 Å². The van der Waals surface area contributed by atoms with E-state index in [0.717, 1.165) is 43.5 Å². The predicted octanol–water partition coefficient (Wildman–Crippen LogP) is 1.30. The van der Waals surface area contributed by atoms with Crippen molar-refractivity contribution in [2.24, 2.45) is 7.05 Å². The fraction of sp³-hybridized carbons (Fsp3) is 0.588. The number of anilines is 2. The van der Waals surface area contributed by atoms with Gasteiger partial charge in [-0.15, -0.1) is 0 Å². The van der Waals surface area contributed by atoms with Gasteiger partial charge in [0.05, 0.1) is 5.69 Å². The molecule has 1 atom stereocenters. The molecule has 1 unspecified atom stereocenters. The lowest BCUT2D eigenvalue weighted by atomic mass is 10.2. The Kier molecular flexibility index (Phi) is 4.71. The number of aromatic nitrogens is 4. The molecule has 0 radical (unpaired) electrons. The average Bonchev–Trinajstić information content (AvgIpc) is 3.14. The third-order valence-electron chi connectivity index (χ3n) is 4.71. The minimum Gasteiger partial charge on any atom is -0.363 e. The largest absolute Gasteiger partial charge is 0.363 e. The van der Waals surface area contributed by atoms with Gasteiger partial charge in [-0.05, 0) is 19.4 Å². The fourth-order valence-corrected chi connectivity index (χ4v) is 3.24. The topological polar surface area (TPSA) is 53.3 Å². The quantitative estimate of drug-likeness (QED) is 0.824. The predicted molar refractivity (Wildman–Crippen MR) is 96.4 cm³/mol. The van der Waals surface area contributed by atoms with E-state index in [-0.39, 0.29) is 0 Å². The SMILES string of the molecule is Cc1nn(C)cc1CN1CCC(N(C)c2nccc(N(C)C)n2)C1. The lowest BCUT2D eigenvalue weighted by molar-refractivity contribution is 0.325. The highest BCUT2D eigenvalue weighted by molar-refractivity contribution is 5.42. The molecule has 0 bridgehead atoms. The van der Waals surface area contributed by atoms with Crippen molar-refractivity contribution in [2.45, 2.75) is 25.9 Å². The molecule has 2 aromatic rings. The molecule has 1 aliphatic heterocycles. The maximum absolute atomic E-state index is 4.65. The molecule has 0 amide bonds. The molecule has 130 valence electrons. The zero-order valence-corrected chi connectivity index (χ0v) is 15.3. The Labute approximate surface area is 143 Å². The second-order valence-electron chi connectivity index (χ2n) is 6.81. The van der Waals surface area contributed by atoms with Crippen molar-refractivity contribution in [2.75, 3.05) is 44.0 Å². The minimum atomic E-state index is 0.444. The molecule has 1 aliphatic rings. The van der Waals surface area contributed by atoms with Gasteiger partial charge in [-0.3, -0.25) is 9.58 Å². The molecular weight excluding hydrogens is 302 g/mol. The summed E-state index contributed by atoms with van der Waals surface area (Å²) in [6, 6.07) is 2.38. The van der Waals surface area contributed by atoms with Gasteiger partial charge in [0.1, 0.15) is 5.82 Å². The second kappa shape index (κ2) is 6.76.